The van der Waals surface area contributed by atoms with Crippen molar-refractivity contribution >= 4 is 0 Å². The zero-order valence-electron chi connectivity index (χ0n) is 4.90. The van der Waals surface area contributed by atoms with E-state index >= 15 is 0 Å². The number of nitrogens with zero attached hydrogens (tertiary/aromatic N) is 1. The molecule has 0 N–H and O–H groups in total. The molecule has 0 aromatic heterocycles. The summed E-state index contributed by atoms with van der Waals surface area (Å²) in [6.45, 7) is 0. The molecule has 0 aromatic carbocycles. The van der Waals surface area contributed by atoms with Crippen LogP contribution in [-0.4, -0.2) is 25.7 Å². The summed E-state index contributed by atoms with van der Waals surface area (Å²) in [7, 11) is 2.05. The predicted molar refractivity (Wildman–Crippen MR) is 21.9 cm³/mol. The summed E-state index contributed by atoms with van der Waals surface area (Å²) in [4.78, 5) is 7.22. The van der Waals surface area contributed by atoms with E-state index in [4.69, 9.17) is 0 Å². The van der Waals surface area contributed by atoms with Gasteiger partial charge in [0.2, 0.25) is 0 Å². The summed E-state index contributed by atoms with van der Waals surface area (Å²) >= 11 is 0. The Labute approximate surface area is 49.9 Å². The van der Waals surface area contributed by atoms with Crippen LogP contribution in [0, 0.1) is 0 Å². The molecule has 3 nitrogen and oxygen atoms in total. The molecule has 6 heteroatoms. The zero-order chi connectivity index (χ0) is 7.49. The number of halogens is 3. The van der Waals surface area contributed by atoms with Gasteiger partial charge in [-0.25, -0.2) is 0 Å². The molecule has 0 aliphatic carbocycles. The largest absolute Gasteiger partial charge is 0.541 e. The lowest BCUT2D eigenvalue weighted by atomic mass is 11.3. The minimum absolute atomic E-state index is 0.208. The van der Waals surface area contributed by atoms with Crippen LogP contribution in [0.3, 0.4) is 0 Å². The summed E-state index contributed by atoms with van der Waals surface area (Å²) in [5, 5.41) is 0.208. The molecule has 0 heterocycles. The molecule has 0 radical (unpaired) electrons. The second kappa shape index (κ2) is 3.00. The first kappa shape index (κ1) is 8.67. The zero-order valence-corrected chi connectivity index (χ0v) is 4.90. The molecule has 0 atom stereocenters. The van der Waals surface area contributed by atoms with Gasteiger partial charge in [0.25, 0.3) is 0 Å². The Balaban J connectivity index is 3.47. The Morgan fingerprint density at radius 2 is 1.78 bits per heavy atom. The highest BCUT2D eigenvalue weighted by molar-refractivity contribution is 4.16. The average Bonchev–Trinajstić information content (AvgIpc) is 1.62. The van der Waals surface area contributed by atoms with Crippen molar-refractivity contribution in [1.82, 2.24) is 5.23 Å². The minimum atomic E-state index is -4.68. The molecular formula is C3H6F3NO2. The monoisotopic (exact) mass is 145 g/mol. The quantitative estimate of drug-likeness (QED) is 0.539. The maximum Gasteiger partial charge on any atom is 0.541 e. The van der Waals surface area contributed by atoms with Crippen LogP contribution in [-0.2, 0) is 9.68 Å². The van der Waals surface area contributed by atoms with E-state index in [9.17, 15) is 13.2 Å². The normalized spacial score (nSPS) is 12.7. The van der Waals surface area contributed by atoms with Gasteiger partial charge in [-0.05, 0) is 0 Å². The van der Waals surface area contributed by atoms with Gasteiger partial charge in [0.15, 0.2) is 0 Å². The molecule has 9 heavy (non-hydrogen) atoms. The number of alkyl halides is 3. The smallest absolute Gasteiger partial charge is 0.278 e. The van der Waals surface area contributed by atoms with Gasteiger partial charge in [-0.1, -0.05) is 5.23 Å². The van der Waals surface area contributed by atoms with Gasteiger partial charge in [-0.2, -0.15) is 4.84 Å². The van der Waals surface area contributed by atoms with Crippen molar-refractivity contribution < 1.29 is 22.8 Å². The molecule has 0 aromatic rings. The van der Waals surface area contributed by atoms with Crippen molar-refractivity contribution in [3.63, 3.8) is 0 Å². The van der Waals surface area contributed by atoms with Crippen molar-refractivity contribution in [1.29, 1.82) is 0 Å². The van der Waals surface area contributed by atoms with Gasteiger partial charge in [0.05, 0.1) is 7.11 Å². The van der Waals surface area contributed by atoms with E-state index in [-0.39, 0.29) is 5.23 Å². The van der Waals surface area contributed by atoms with Crippen molar-refractivity contribution in [3.8, 4) is 0 Å². The maximum absolute atomic E-state index is 11.1. The fraction of sp³-hybridized carbons (Fsp3) is 1.00. The molecule has 56 valence electrons. The first-order valence-corrected chi connectivity index (χ1v) is 1.99. The van der Waals surface area contributed by atoms with Crippen LogP contribution in [0.4, 0.5) is 13.2 Å². The highest BCUT2D eigenvalue weighted by Crippen LogP contribution is 2.16. The van der Waals surface area contributed by atoms with Crippen molar-refractivity contribution in [2.24, 2.45) is 0 Å². The van der Waals surface area contributed by atoms with E-state index in [1.165, 1.54) is 0 Å². The number of rotatable bonds is 2. The highest BCUT2D eigenvalue weighted by Gasteiger charge is 2.32. The Hall–Kier alpha value is -0.330. The lowest BCUT2D eigenvalue weighted by Gasteiger charge is -2.13. The van der Waals surface area contributed by atoms with E-state index < -0.39 is 6.36 Å². The molecule has 0 fully saturated rings. The fourth-order valence-electron chi connectivity index (χ4n) is 0.183. The fourth-order valence-corrected chi connectivity index (χ4v) is 0.183. The van der Waals surface area contributed by atoms with Gasteiger partial charge in [0, 0.05) is 7.05 Å². The minimum Gasteiger partial charge on any atom is -0.278 e. The molecular weight excluding hydrogens is 139 g/mol. The lowest BCUT2D eigenvalue weighted by Crippen LogP contribution is -2.26. The molecule has 0 rings (SSSR count). The van der Waals surface area contributed by atoms with Crippen molar-refractivity contribution in [3.05, 3.63) is 0 Å². The second-order valence-electron chi connectivity index (χ2n) is 1.16. The first-order valence-electron chi connectivity index (χ1n) is 1.99. The summed E-state index contributed by atoms with van der Waals surface area (Å²) in [6, 6.07) is 0. The standard InChI is InChI=1S/C3H6F3NO2/c1-7(8-2)9-3(4,5)6/h1-2H3. The third-order valence-electron chi connectivity index (χ3n) is 0.489. The van der Waals surface area contributed by atoms with Crippen LogP contribution in [0.2, 0.25) is 0 Å². The van der Waals surface area contributed by atoms with Gasteiger partial charge in [0.1, 0.15) is 0 Å². The van der Waals surface area contributed by atoms with Crippen LogP contribution in [0.5, 0.6) is 0 Å². The summed E-state index contributed by atoms with van der Waals surface area (Å²) in [5.41, 5.74) is 0. The molecule has 0 aliphatic heterocycles. The van der Waals surface area contributed by atoms with Crippen LogP contribution in [0.25, 0.3) is 0 Å². The Kier molecular flexibility index (Phi) is 2.89. The Morgan fingerprint density at radius 1 is 1.33 bits per heavy atom. The Bertz CT molecular complexity index is 83.6. The van der Waals surface area contributed by atoms with Crippen molar-refractivity contribution in [2.45, 2.75) is 6.36 Å². The molecule has 0 unspecified atom stereocenters. The molecule has 0 saturated heterocycles. The molecule has 0 saturated carbocycles. The lowest BCUT2D eigenvalue weighted by molar-refractivity contribution is -0.483. The summed E-state index contributed by atoms with van der Waals surface area (Å²) < 4.78 is 33.4. The first-order chi connectivity index (χ1) is 3.95. The van der Waals surface area contributed by atoms with Gasteiger partial charge in [-0.3, -0.25) is 4.84 Å². The predicted octanol–water partition coefficient (Wildman–Crippen LogP) is 0.931. The van der Waals surface area contributed by atoms with Crippen molar-refractivity contribution in [2.75, 3.05) is 14.2 Å². The van der Waals surface area contributed by atoms with Gasteiger partial charge >= 0.3 is 6.36 Å². The van der Waals surface area contributed by atoms with E-state index in [0.717, 1.165) is 14.2 Å². The number of hydrogen-bond acceptors (Lipinski definition) is 3. The van der Waals surface area contributed by atoms with Crippen LogP contribution < -0.4 is 0 Å². The van der Waals surface area contributed by atoms with Crippen LogP contribution in [0.1, 0.15) is 0 Å². The topological polar surface area (TPSA) is 21.7 Å². The summed E-state index contributed by atoms with van der Waals surface area (Å²) in [6.07, 6.45) is -4.68. The van der Waals surface area contributed by atoms with E-state index in [1.807, 2.05) is 0 Å². The third kappa shape index (κ3) is 5.54. The third-order valence-corrected chi connectivity index (χ3v) is 0.489. The molecule has 0 amide bonds. The average molecular weight is 145 g/mol. The van der Waals surface area contributed by atoms with E-state index in [0.29, 0.717) is 0 Å². The number of hydrogen-bond donors (Lipinski definition) is 0. The van der Waals surface area contributed by atoms with Gasteiger partial charge < -0.3 is 0 Å². The van der Waals surface area contributed by atoms with Gasteiger partial charge in [-0.15, -0.1) is 13.2 Å². The maximum atomic E-state index is 11.1. The molecule has 0 aliphatic rings. The molecule has 0 spiro atoms. The highest BCUT2D eigenvalue weighted by atomic mass is 19.4. The van der Waals surface area contributed by atoms with Crippen LogP contribution >= 0.6 is 0 Å². The molecule has 0 bridgehead atoms. The SMILES string of the molecule is CON(C)OC(F)(F)F. The number of hydroxylamine groups is 2. The van der Waals surface area contributed by atoms with E-state index in [1.54, 1.807) is 0 Å². The van der Waals surface area contributed by atoms with Crippen LogP contribution in [0.15, 0.2) is 0 Å². The Morgan fingerprint density at radius 3 is 1.89 bits per heavy atom. The van der Waals surface area contributed by atoms with E-state index in [2.05, 4.69) is 9.68 Å². The summed E-state index contributed by atoms with van der Waals surface area (Å²) in [5.74, 6) is 0. The second-order valence-corrected chi connectivity index (χ2v) is 1.16.